The first-order valence-corrected chi connectivity index (χ1v) is 6.91. The number of halogens is 2. The highest BCUT2D eigenvalue weighted by atomic mass is 32.2. The summed E-state index contributed by atoms with van der Waals surface area (Å²) >= 11 is 0. The zero-order valence-electron chi connectivity index (χ0n) is 9.86. The molecule has 0 unspecified atom stereocenters. The Balaban J connectivity index is 2.93. The quantitative estimate of drug-likeness (QED) is 0.792. The molecule has 102 valence electrons. The van der Waals surface area contributed by atoms with E-state index in [0.29, 0.717) is 12.2 Å². The summed E-state index contributed by atoms with van der Waals surface area (Å²) in [5.74, 6) is 0. The molecule has 0 aromatic carbocycles. The molecule has 1 rings (SSSR count). The highest BCUT2D eigenvalue weighted by Crippen LogP contribution is 2.19. The van der Waals surface area contributed by atoms with Crippen molar-refractivity contribution < 1.29 is 17.2 Å². The Morgan fingerprint density at radius 1 is 1.44 bits per heavy atom. The zero-order chi connectivity index (χ0) is 13.6. The van der Waals surface area contributed by atoms with E-state index < -0.39 is 23.0 Å². The van der Waals surface area contributed by atoms with Crippen molar-refractivity contribution in [1.29, 1.82) is 0 Å². The second-order valence-electron chi connectivity index (χ2n) is 3.54. The largest absolute Gasteiger partial charge is 0.384 e. The van der Waals surface area contributed by atoms with E-state index in [2.05, 4.69) is 10.3 Å². The Bertz CT molecular complexity index is 480. The average molecular weight is 279 g/mol. The maximum Gasteiger partial charge on any atom is 0.251 e. The van der Waals surface area contributed by atoms with Crippen LogP contribution in [0.15, 0.2) is 23.4 Å². The molecular weight excluding hydrogens is 264 g/mol. The Morgan fingerprint density at radius 3 is 2.78 bits per heavy atom. The molecule has 18 heavy (non-hydrogen) atoms. The van der Waals surface area contributed by atoms with Gasteiger partial charge in [0.15, 0.2) is 0 Å². The third kappa shape index (κ3) is 4.19. The number of hydrogen-bond acceptors (Lipinski definition) is 4. The van der Waals surface area contributed by atoms with Gasteiger partial charge >= 0.3 is 0 Å². The van der Waals surface area contributed by atoms with Crippen LogP contribution in [0.2, 0.25) is 0 Å². The van der Waals surface area contributed by atoms with Gasteiger partial charge in [0.05, 0.1) is 12.2 Å². The van der Waals surface area contributed by atoms with E-state index in [4.69, 9.17) is 0 Å². The Morgan fingerprint density at radius 2 is 2.17 bits per heavy atom. The van der Waals surface area contributed by atoms with E-state index >= 15 is 0 Å². The normalized spacial score (nSPS) is 11.8. The molecule has 0 amide bonds. The van der Waals surface area contributed by atoms with Crippen molar-refractivity contribution in [3.05, 3.63) is 18.5 Å². The number of anilines is 1. The molecular formula is C10H15F2N3O2S. The third-order valence-corrected chi connectivity index (χ3v) is 3.52. The first-order valence-electron chi connectivity index (χ1n) is 5.43. The van der Waals surface area contributed by atoms with Crippen LogP contribution in [0.25, 0.3) is 0 Å². The number of nitrogens with one attached hydrogen (secondary N) is 2. The molecule has 0 aliphatic heterocycles. The summed E-state index contributed by atoms with van der Waals surface area (Å²) < 4.78 is 49.5. The van der Waals surface area contributed by atoms with Crippen LogP contribution in [-0.2, 0) is 10.0 Å². The number of hydrogen-bond donors (Lipinski definition) is 2. The van der Waals surface area contributed by atoms with Crippen LogP contribution >= 0.6 is 0 Å². The van der Waals surface area contributed by atoms with Gasteiger partial charge in [-0.25, -0.2) is 21.9 Å². The SMILES string of the molecule is CCCNc1ccncc1S(=O)(=O)NCC(F)F. The van der Waals surface area contributed by atoms with Gasteiger partial charge in [0, 0.05) is 18.9 Å². The maximum atomic E-state index is 12.0. The van der Waals surface area contributed by atoms with Gasteiger partial charge in [0.25, 0.3) is 6.43 Å². The van der Waals surface area contributed by atoms with Crippen LogP contribution in [-0.4, -0.2) is 32.9 Å². The lowest BCUT2D eigenvalue weighted by atomic mass is 10.4. The van der Waals surface area contributed by atoms with Gasteiger partial charge in [-0.15, -0.1) is 0 Å². The summed E-state index contributed by atoms with van der Waals surface area (Å²) in [6.07, 6.45) is 0.644. The summed E-state index contributed by atoms with van der Waals surface area (Å²) in [5.41, 5.74) is 0.355. The van der Waals surface area contributed by atoms with E-state index in [1.165, 1.54) is 12.3 Å². The van der Waals surface area contributed by atoms with Crippen LogP contribution in [0.1, 0.15) is 13.3 Å². The van der Waals surface area contributed by atoms with Crippen molar-refractivity contribution >= 4 is 15.7 Å². The fourth-order valence-electron chi connectivity index (χ4n) is 1.25. The molecule has 0 saturated carbocycles. The molecule has 0 atom stereocenters. The lowest BCUT2D eigenvalue weighted by Crippen LogP contribution is -2.29. The van der Waals surface area contributed by atoms with Crippen molar-refractivity contribution in [2.24, 2.45) is 0 Å². The molecule has 1 aromatic rings. The van der Waals surface area contributed by atoms with Crippen LogP contribution in [0.4, 0.5) is 14.5 Å². The molecule has 0 fully saturated rings. The fraction of sp³-hybridized carbons (Fsp3) is 0.500. The molecule has 0 spiro atoms. The Labute approximate surface area is 105 Å². The second kappa shape index (κ2) is 6.60. The number of pyridine rings is 1. The molecule has 0 aliphatic rings. The highest BCUT2D eigenvalue weighted by molar-refractivity contribution is 7.89. The number of sulfonamides is 1. The minimum absolute atomic E-state index is 0.126. The molecule has 0 radical (unpaired) electrons. The predicted octanol–water partition coefficient (Wildman–Crippen LogP) is 1.45. The smallest absolute Gasteiger partial charge is 0.251 e. The minimum atomic E-state index is -3.97. The molecule has 1 aromatic heterocycles. The summed E-state index contributed by atoms with van der Waals surface area (Å²) in [6, 6.07) is 1.49. The lowest BCUT2D eigenvalue weighted by Gasteiger charge is -2.11. The highest BCUT2D eigenvalue weighted by Gasteiger charge is 2.19. The van der Waals surface area contributed by atoms with E-state index in [1.54, 1.807) is 0 Å². The van der Waals surface area contributed by atoms with Gasteiger partial charge in [0.1, 0.15) is 4.90 Å². The molecule has 1 heterocycles. The number of nitrogens with zero attached hydrogens (tertiary/aromatic N) is 1. The Hall–Kier alpha value is -1.28. The molecule has 5 nitrogen and oxygen atoms in total. The Kier molecular flexibility index (Phi) is 5.42. The van der Waals surface area contributed by atoms with Crippen LogP contribution < -0.4 is 10.0 Å². The molecule has 0 saturated heterocycles. The second-order valence-corrected chi connectivity index (χ2v) is 5.28. The van der Waals surface area contributed by atoms with Crippen LogP contribution in [0, 0.1) is 0 Å². The van der Waals surface area contributed by atoms with Gasteiger partial charge in [-0.1, -0.05) is 6.92 Å². The topological polar surface area (TPSA) is 71.1 Å². The van der Waals surface area contributed by atoms with Gasteiger partial charge in [-0.3, -0.25) is 4.98 Å². The standard InChI is InChI=1S/C10H15F2N3O2S/c1-2-4-14-8-3-5-13-6-9(8)18(16,17)15-7-10(11)12/h3,5-6,10,15H,2,4,7H2,1H3,(H,13,14). The van der Waals surface area contributed by atoms with Crippen molar-refractivity contribution in [1.82, 2.24) is 9.71 Å². The van der Waals surface area contributed by atoms with E-state index in [0.717, 1.165) is 12.6 Å². The predicted molar refractivity (Wildman–Crippen MR) is 64.2 cm³/mol. The minimum Gasteiger partial charge on any atom is -0.384 e. The average Bonchev–Trinajstić information content (AvgIpc) is 2.34. The van der Waals surface area contributed by atoms with Crippen molar-refractivity contribution in [2.75, 3.05) is 18.4 Å². The van der Waals surface area contributed by atoms with Gasteiger partial charge in [-0.05, 0) is 12.5 Å². The number of rotatable bonds is 7. The van der Waals surface area contributed by atoms with Gasteiger partial charge < -0.3 is 5.32 Å². The molecule has 8 heteroatoms. The first kappa shape index (κ1) is 14.8. The molecule has 0 bridgehead atoms. The lowest BCUT2D eigenvalue weighted by molar-refractivity contribution is 0.153. The van der Waals surface area contributed by atoms with Gasteiger partial charge in [0.2, 0.25) is 10.0 Å². The monoisotopic (exact) mass is 279 g/mol. The molecule has 0 aliphatic carbocycles. The van der Waals surface area contributed by atoms with Gasteiger partial charge in [-0.2, -0.15) is 0 Å². The first-order chi connectivity index (χ1) is 8.47. The fourth-order valence-corrected chi connectivity index (χ4v) is 2.38. The summed E-state index contributed by atoms with van der Waals surface area (Å²) in [5, 5.41) is 2.91. The number of alkyl halides is 2. The van der Waals surface area contributed by atoms with Crippen molar-refractivity contribution in [3.63, 3.8) is 0 Å². The van der Waals surface area contributed by atoms with Crippen molar-refractivity contribution in [3.8, 4) is 0 Å². The zero-order valence-corrected chi connectivity index (χ0v) is 10.7. The summed E-state index contributed by atoms with van der Waals surface area (Å²) in [6.45, 7) is 1.60. The summed E-state index contributed by atoms with van der Waals surface area (Å²) in [4.78, 5) is 3.57. The summed E-state index contributed by atoms with van der Waals surface area (Å²) in [7, 11) is -3.97. The molecule has 2 N–H and O–H groups in total. The third-order valence-electron chi connectivity index (χ3n) is 2.07. The maximum absolute atomic E-state index is 12.0. The van der Waals surface area contributed by atoms with E-state index in [-0.39, 0.29) is 4.90 Å². The number of aromatic nitrogens is 1. The van der Waals surface area contributed by atoms with E-state index in [1.807, 2.05) is 11.6 Å². The van der Waals surface area contributed by atoms with Crippen LogP contribution in [0.5, 0.6) is 0 Å². The van der Waals surface area contributed by atoms with E-state index in [9.17, 15) is 17.2 Å². The van der Waals surface area contributed by atoms with Crippen LogP contribution in [0.3, 0.4) is 0 Å². The van der Waals surface area contributed by atoms with Crippen molar-refractivity contribution in [2.45, 2.75) is 24.7 Å².